The summed E-state index contributed by atoms with van der Waals surface area (Å²) >= 11 is 0. The minimum atomic E-state index is -1.10. The quantitative estimate of drug-likeness (QED) is 0.745. The van der Waals surface area contributed by atoms with Crippen molar-refractivity contribution in [1.82, 2.24) is 0 Å². The number of carbonyl (C=O) groups is 3. The number of unbranched alkanes of at least 4 members (excludes halogenated alkanes) is 1. The summed E-state index contributed by atoms with van der Waals surface area (Å²) in [4.78, 5) is 39.9. The highest BCUT2D eigenvalue weighted by Crippen LogP contribution is 2.35. The van der Waals surface area contributed by atoms with Gasteiger partial charge in [0, 0.05) is 12.6 Å². The van der Waals surface area contributed by atoms with Crippen LogP contribution in [0, 0.1) is 11.3 Å². The number of anilines is 2. The van der Waals surface area contributed by atoms with Gasteiger partial charge in [-0.15, -0.1) is 0 Å². The predicted molar refractivity (Wildman–Crippen MR) is 113 cm³/mol. The molecule has 152 valence electrons. The van der Waals surface area contributed by atoms with E-state index in [1.807, 2.05) is 13.0 Å². The van der Waals surface area contributed by atoms with E-state index in [-0.39, 0.29) is 18.0 Å². The highest BCUT2D eigenvalue weighted by atomic mass is 16.4. The van der Waals surface area contributed by atoms with Crippen LogP contribution in [0.4, 0.5) is 11.4 Å². The van der Waals surface area contributed by atoms with Crippen LogP contribution in [0.25, 0.3) is 6.08 Å². The number of aromatic carboxylic acids is 1. The SMILES string of the molecule is CCCCN1C(=O)CN(C(=O)/C=C/c2ccc(C#N)cc2)c2cc(C(=O)O)ccc21. The second-order valence-corrected chi connectivity index (χ2v) is 6.90. The van der Waals surface area contributed by atoms with E-state index in [0.717, 1.165) is 18.4 Å². The van der Waals surface area contributed by atoms with Crippen molar-refractivity contribution in [3.63, 3.8) is 0 Å². The zero-order valence-corrected chi connectivity index (χ0v) is 16.5. The Morgan fingerprint density at radius 1 is 1.17 bits per heavy atom. The molecule has 0 radical (unpaired) electrons. The smallest absolute Gasteiger partial charge is 0.335 e. The van der Waals surface area contributed by atoms with Crippen molar-refractivity contribution >= 4 is 35.2 Å². The van der Waals surface area contributed by atoms with Gasteiger partial charge in [-0.25, -0.2) is 4.79 Å². The first-order valence-electron chi connectivity index (χ1n) is 9.62. The number of carboxylic acids is 1. The molecule has 2 aromatic rings. The maximum Gasteiger partial charge on any atom is 0.335 e. The maximum atomic E-state index is 12.9. The van der Waals surface area contributed by atoms with Crippen molar-refractivity contribution in [2.75, 3.05) is 22.9 Å². The number of nitriles is 1. The Hall–Kier alpha value is -3.92. The van der Waals surface area contributed by atoms with Crippen LogP contribution in [0.2, 0.25) is 0 Å². The standard InChI is InChI=1S/C23H21N3O4/c1-2-3-12-25-19-10-9-18(23(29)30)13-20(19)26(15-22(25)28)21(27)11-8-16-4-6-17(14-24)7-5-16/h4-11,13H,2-3,12,15H2,1H3,(H,29,30)/b11-8+. The molecule has 2 aromatic carbocycles. The lowest BCUT2D eigenvalue weighted by molar-refractivity contribution is -0.120. The Labute approximate surface area is 174 Å². The lowest BCUT2D eigenvalue weighted by Gasteiger charge is -2.36. The molecular formula is C23H21N3O4. The van der Waals surface area contributed by atoms with Gasteiger partial charge in [0.2, 0.25) is 5.91 Å². The number of carbonyl (C=O) groups excluding carboxylic acids is 2. The van der Waals surface area contributed by atoms with E-state index in [4.69, 9.17) is 5.26 Å². The molecule has 1 heterocycles. The van der Waals surface area contributed by atoms with Crippen molar-refractivity contribution in [1.29, 1.82) is 5.26 Å². The summed E-state index contributed by atoms with van der Waals surface area (Å²) < 4.78 is 0. The molecule has 2 amide bonds. The van der Waals surface area contributed by atoms with Crippen molar-refractivity contribution in [3.8, 4) is 6.07 Å². The average molecular weight is 403 g/mol. The van der Waals surface area contributed by atoms with Crippen molar-refractivity contribution in [3.05, 3.63) is 65.2 Å². The number of fused-ring (bicyclic) bond motifs is 1. The number of nitrogens with zero attached hydrogens (tertiary/aromatic N) is 3. The van der Waals surface area contributed by atoms with Gasteiger partial charge in [0.1, 0.15) is 6.54 Å². The molecule has 7 heteroatoms. The largest absolute Gasteiger partial charge is 0.478 e. The Morgan fingerprint density at radius 3 is 2.53 bits per heavy atom. The second-order valence-electron chi connectivity index (χ2n) is 6.90. The van der Waals surface area contributed by atoms with Crippen LogP contribution in [-0.4, -0.2) is 36.0 Å². The molecular weight excluding hydrogens is 382 g/mol. The number of rotatable bonds is 6. The number of benzene rings is 2. The fourth-order valence-electron chi connectivity index (χ4n) is 3.23. The number of hydrogen-bond acceptors (Lipinski definition) is 4. The first kappa shape index (κ1) is 20.8. The fraction of sp³-hybridized carbons (Fsp3) is 0.217. The zero-order chi connectivity index (χ0) is 21.7. The van der Waals surface area contributed by atoms with Gasteiger partial charge >= 0.3 is 5.97 Å². The molecule has 0 saturated carbocycles. The van der Waals surface area contributed by atoms with Crippen LogP contribution < -0.4 is 9.80 Å². The van der Waals surface area contributed by atoms with Crippen LogP contribution in [0.15, 0.2) is 48.5 Å². The van der Waals surface area contributed by atoms with Crippen molar-refractivity contribution in [2.24, 2.45) is 0 Å². The van der Waals surface area contributed by atoms with Gasteiger partial charge in [-0.05, 0) is 48.4 Å². The summed E-state index contributed by atoms with van der Waals surface area (Å²) in [6.45, 7) is 2.38. The molecule has 0 saturated heterocycles. The van der Waals surface area contributed by atoms with Gasteiger partial charge < -0.3 is 10.0 Å². The molecule has 0 aliphatic carbocycles. The predicted octanol–water partition coefficient (Wildman–Crippen LogP) is 3.45. The molecule has 1 aliphatic rings. The molecule has 7 nitrogen and oxygen atoms in total. The van der Waals surface area contributed by atoms with Crippen molar-refractivity contribution in [2.45, 2.75) is 19.8 Å². The molecule has 0 bridgehead atoms. The van der Waals surface area contributed by atoms with E-state index in [9.17, 15) is 19.5 Å². The van der Waals surface area contributed by atoms with Gasteiger partial charge in [0.25, 0.3) is 5.91 Å². The van der Waals surface area contributed by atoms with Crippen LogP contribution in [0.3, 0.4) is 0 Å². The Balaban J connectivity index is 1.93. The lowest BCUT2D eigenvalue weighted by atomic mass is 10.1. The highest BCUT2D eigenvalue weighted by molar-refractivity contribution is 6.15. The molecule has 0 unspecified atom stereocenters. The topological polar surface area (TPSA) is 102 Å². The average Bonchev–Trinajstić information content (AvgIpc) is 2.76. The molecule has 3 rings (SSSR count). The fourth-order valence-corrected chi connectivity index (χ4v) is 3.23. The van der Waals surface area contributed by atoms with E-state index in [2.05, 4.69) is 0 Å². The zero-order valence-electron chi connectivity index (χ0n) is 16.5. The monoisotopic (exact) mass is 403 g/mol. The summed E-state index contributed by atoms with van der Waals surface area (Å²) in [7, 11) is 0. The molecule has 1 N–H and O–H groups in total. The van der Waals surface area contributed by atoms with E-state index >= 15 is 0 Å². The summed E-state index contributed by atoms with van der Waals surface area (Å²) in [6, 6.07) is 13.2. The van der Waals surface area contributed by atoms with E-state index in [1.54, 1.807) is 41.3 Å². The molecule has 0 fully saturated rings. The van der Waals surface area contributed by atoms with E-state index < -0.39 is 11.9 Å². The molecule has 30 heavy (non-hydrogen) atoms. The minimum absolute atomic E-state index is 0.0485. The van der Waals surface area contributed by atoms with Crippen molar-refractivity contribution < 1.29 is 19.5 Å². The van der Waals surface area contributed by atoms with Gasteiger partial charge in [-0.1, -0.05) is 25.5 Å². The third-order valence-electron chi connectivity index (χ3n) is 4.86. The summed E-state index contributed by atoms with van der Waals surface area (Å²) in [5, 5.41) is 18.2. The van der Waals surface area contributed by atoms with Gasteiger partial charge in [-0.3, -0.25) is 14.5 Å². The molecule has 0 aromatic heterocycles. The van der Waals surface area contributed by atoms with E-state index in [1.165, 1.54) is 23.1 Å². The van der Waals surface area contributed by atoms with Crippen LogP contribution in [0.5, 0.6) is 0 Å². The third-order valence-corrected chi connectivity index (χ3v) is 4.86. The van der Waals surface area contributed by atoms with Crippen LogP contribution in [-0.2, 0) is 9.59 Å². The summed E-state index contributed by atoms with van der Waals surface area (Å²) in [5.74, 6) is -1.74. The molecule has 1 aliphatic heterocycles. The Morgan fingerprint density at radius 2 is 1.90 bits per heavy atom. The van der Waals surface area contributed by atoms with Gasteiger partial charge in [0.05, 0.1) is 28.6 Å². The van der Waals surface area contributed by atoms with E-state index in [0.29, 0.717) is 23.5 Å². The van der Waals surface area contributed by atoms with Gasteiger partial charge in [0.15, 0.2) is 0 Å². The Kier molecular flexibility index (Phi) is 6.28. The Bertz CT molecular complexity index is 1050. The number of hydrogen-bond donors (Lipinski definition) is 1. The van der Waals surface area contributed by atoms with Crippen LogP contribution >= 0.6 is 0 Å². The first-order valence-corrected chi connectivity index (χ1v) is 9.62. The maximum absolute atomic E-state index is 12.9. The first-order chi connectivity index (χ1) is 14.4. The molecule has 0 atom stereocenters. The van der Waals surface area contributed by atoms with Crippen LogP contribution in [0.1, 0.15) is 41.3 Å². The van der Waals surface area contributed by atoms with Gasteiger partial charge in [-0.2, -0.15) is 5.26 Å². The third kappa shape index (κ3) is 4.39. The number of carboxylic acid groups (broad SMARTS) is 1. The minimum Gasteiger partial charge on any atom is -0.478 e. The number of amides is 2. The lowest BCUT2D eigenvalue weighted by Crippen LogP contribution is -2.48. The summed E-state index contributed by atoms with van der Waals surface area (Å²) in [5.41, 5.74) is 2.23. The highest BCUT2D eigenvalue weighted by Gasteiger charge is 2.32. The normalized spacial score (nSPS) is 13.3. The summed E-state index contributed by atoms with van der Waals surface area (Å²) in [6.07, 6.45) is 4.65. The second kappa shape index (κ2) is 9.05. The molecule has 0 spiro atoms.